The lowest BCUT2D eigenvalue weighted by atomic mass is 9.87. The quantitative estimate of drug-likeness (QED) is 0.213. The molecule has 0 aliphatic rings. The van der Waals surface area contributed by atoms with Gasteiger partial charge in [0.15, 0.2) is 0 Å². The van der Waals surface area contributed by atoms with Crippen LogP contribution < -0.4 is 0 Å². The Morgan fingerprint density at radius 2 is 1.07 bits per heavy atom. The molecule has 0 spiro atoms. The first kappa shape index (κ1) is 24.5. The standard InChI is InChI=1S/C38H20N2S2/c39-21-23-7-5-8-24(17-23)30-19-26(27-11-6-14-37-38(27)29-10-2-4-13-35(29)42-37)20-31(33(30)22-40)25-15-16-36-32(18-25)28-9-1-3-12-34(28)41-36/h1-20H. The molecule has 6 aromatic carbocycles. The molecule has 0 N–H and O–H groups in total. The summed E-state index contributed by atoms with van der Waals surface area (Å²) in [7, 11) is 0. The average molecular weight is 569 g/mol. The summed E-state index contributed by atoms with van der Waals surface area (Å²) in [6.07, 6.45) is 0. The Morgan fingerprint density at radius 1 is 0.429 bits per heavy atom. The molecular weight excluding hydrogens is 549 g/mol. The molecule has 0 unspecified atom stereocenters. The third-order valence-electron chi connectivity index (χ3n) is 7.95. The molecule has 0 saturated heterocycles. The number of thiophene rings is 2. The number of hydrogen-bond donors (Lipinski definition) is 0. The van der Waals surface area contributed by atoms with Crippen LogP contribution >= 0.6 is 22.7 Å². The minimum absolute atomic E-state index is 0.570. The van der Waals surface area contributed by atoms with Crippen molar-refractivity contribution in [2.45, 2.75) is 0 Å². The highest BCUT2D eigenvalue weighted by Gasteiger charge is 2.19. The van der Waals surface area contributed by atoms with E-state index in [0.717, 1.165) is 33.4 Å². The van der Waals surface area contributed by atoms with Crippen LogP contribution in [0.15, 0.2) is 121 Å². The van der Waals surface area contributed by atoms with E-state index in [1.54, 1.807) is 28.7 Å². The van der Waals surface area contributed by atoms with Gasteiger partial charge in [-0.15, -0.1) is 22.7 Å². The second-order valence-electron chi connectivity index (χ2n) is 10.3. The zero-order chi connectivity index (χ0) is 28.2. The lowest BCUT2D eigenvalue weighted by molar-refractivity contribution is 1.46. The second kappa shape index (κ2) is 9.68. The Bertz CT molecular complexity index is 2450. The fraction of sp³-hybridized carbons (Fsp3) is 0. The second-order valence-corrected chi connectivity index (χ2v) is 12.5. The summed E-state index contributed by atoms with van der Waals surface area (Å²) in [5.41, 5.74) is 6.94. The summed E-state index contributed by atoms with van der Waals surface area (Å²) in [5.74, 6) is 0. The van der Waals surface area contributed by atoms with Crippen molar-refractivity contribution in [3.8, 4) is 45.5 Å². The summed E-state index contributed by atoms with van der Waals surface area (Å²) in [6, 6.07) is 46.7. The lowest BCUT2D eigenvalue weighted by Crippen LogP contribution is -1.93. The van der Waals surface area contributed by atoms with Crippen LogP contribution in [0.2, 0.25) is 0 Å². The topological polar surface area (TPSA) is 47.6 Å². The van der Waals surface area contributed by atoms with E-state index in [4.69, 9.17) is 0 Å². The molecule has 8 aromatic rings. The van der Waals surface area contributed by atoms with Crippen molar-refractivity contribution in [2.24, 2.45) is 0 Å². The normalized spacial score (nSPS) is 11.3. The first-order valence-electron chi connectivity index (χ1n) is 13.6. The molecule has 2 heterocycles. The van der Waals surface area contributed by atoms with Gasteiger partial charge in [0.25, 0.3) is 0 Å². The molecule has 0 fully saturated rings. The molecule has 0 amide bonds. The van der Waals surface area contributed by atoms with Crippen molar-refractivity contribution < 1.29 is 0 Å². The number of rotatable bonds is 3. The van der Waals surface area contributed by atoms with Gasteiger partial charge in [0, 0.05) is 51.5 Å². The number of hydrogen-bond acceptors (Lipinski definition) is 4. The van der Waals surface area contributed by atoms with E-state index in [1.807, 2.05) is 18.2 Å². The van der Waals surface area contributed by atoms with E-state index in [0.29, 0.717) is 11.1 Å². The summed E-state index contributed by atoms with van der Waals surface area (Å²) < 4.78 is 4.97. The van der Waals surface area contributed by atoms with Crippen molar-refractivity contribution >= 4 is 63.0 Å². The average Bonchev–Trinajstić information content (AvgIpc) is 3.62. The molecule has 0 bridgehead atoms. The highest BCUT2D eigenvalue weighted by Crippen LogP contribution is 2.44. The van der Waals surface area contributed by atoms with Crippen LogP contribution in [0.3, 0.4) is 0 Å². The van der Waals surface area contributed by atoms with Crippen LogP contribution in [0.25, 0.3) is 73.7 Å². The van der Waals surface area contributed by atoms with E-state index in [9.17, 15) is 10.5 Å². The molecule has 0 aliphatic heterocycles. The summed E-state index contributed by atoms with van der Waals surface area (Å²) in [4.78, 5) is 0. The van der Waals surface area contributed by atoms with Gasteiger partial charge in [-0.3, -0.25) is 0 Å². The molecule has 0 atom stereocenters. The van der Waals surface area contributed by atoms with Gasteiger partial charge in [-0.2, -0.15) is 10.5 Å². The highest BCUT2D eigenvalue weighted by molar-refractivity contribution is 7.26. The van der Waals surface area contributed by atoms with Gasteiger partial charge >= 0.3 is 0 Å². The molecular formula is C38H20N2S2. The predicted molar refractivity (Wildman–Crippen MR) is 178 cm³/mol. The Hall–Kier alpha value is -5.26. The SMILES string of the molecule is N#Cc1cccc(-c2cc(-c3cccc4sc5ccccc5c34)cc(-c3ccc4sc5ccccc5c4c3)c2C#N)c1. The monoisotopic (exact) mass is 568 g/mol. The van der Waals surface area contributed by atoms with Gasteiger partial charge in [-0.05, 0) is 76.9 Å². The maximum atomic E-state index is 10.6. The van der Waals surface area contributed by atoms with Crippen LogP contribution in [-0.4, -0.2) is 0 Å². The third kappa shape index (κ3) is 3.82. The van der Waals surface area contributed by atoms with Gasteiger partial charge < -0.3 is 0 Å². The molecule has 4 heteroatoms. The third-order valence-corrected chi connectivity index (χ3v) is 10.2. The van der Waals surface area contributed by atoms with Gasteiger partial charge in [-0.25, -0.2) is 0 Å². The largest absolute Gasteiger partial charge is 0.192 e. The van der Waals surface area contributed by atoms with E-state index in [1.165, 1.54) is 40.3 Å². The predicted octanol–water partition coefficient (Wildman–Crippen LogP) is 11.2. The Labute approximate surface area is 250 Å². The Morgan fingerprint density at radius 3 is 1.86 bits per heavy atom. The van der Waals surface area contributed by atoms with Crippen LogP contribution in [-0.2, 0) is 0 Å². The van der Waals surface area contributed by atoms with Gasteiger partial charge in [0.2, 0.25) is 0 Å². The van der Waals surface area contributed by atoms with E-state index in [2.05, 4.69) is 109 Å². The first-order chi connectivity index (χ1) is 20.7. The Balaban J connectivity index is 1.46. The smallest absolute Gasteiger partial charge is 0.100 e. The maximum absolute atomic E-state index is 10.6. The number of fused-ring (bicyclic) bond motifs is 6. The van der Waals surface area contributed by atoms with Crippen LogP contribution in [0.5, 0.6) is 0 Å². The molecule has 0 radical (unpaired) electrons. The van der Waals surface area contributed by atoms with Crippen molar-refractivity contribution in [1.29, 1.82) is 10.5 Å². The molecule has 2 nitrogen and oxygen atoms in total. The van der Waals surface area contributed by atoms with Crippen molar-refractivity contribution in [3.05, 3.63) is 132 Å². The molecule has 0 aliphatic carbocycles. The van der Waals surface area contributed by atoms with Crippen LogP contribution in [0.4, 0.5) is 0 Å². The van der Waals surface area contributed by atoms with Gasteiger partial charge in [-0.1, -0.05) is 66.7 Å². The molecule has 42 heavy (non-hydrogen) atoms. The van der Waals surface area contributed by atoms with Gasteiger partial charge in [0.05, 0.1) is 17.2 Å². The summed E-state index contributed by atoms with van der Waals surface area (Å²) in [6.45, 7) is 0. The first-order valence-corrected chi connectivity index (χ1v) is 15.3. The number of benzene rings is 6. The summed E-state index contributed by atoms with van der Waals surface area (Å²) >= 11 is 3.59. The van der Waals surface area contributed by atoms with Crippen molar-refractivity contribution in [3.63, 3.8) is 0 Å². The highest BCUT2D eigenvalue weighted by atomic mass is 32.1. The minimum atomic E-state index is 0.570. The zero-order valence-corrected chi connectivity index (χ0v) is 23.9. The molecule has 8 rings (SSSR count). The minimum Gasteiger partial charge on any atom is -0.192 e. The van der Waals surface area contributed by atoms with Crippen LogP contribution in [0, 0.1) is 22.7 Å². The molecule has 0 saturated carbocycles. The Kier molecular flexibility index (Phi) is 5.66. The molecule has 194 valence electrons. The van der Waals surface area contributed by atoms with Crippen molar-refractivity contribution in [1.82, 2.24) is 0 Å². The fourth-order valence-corrected chi connectivity index (χ4v) is 8.26. The lowest BCUT2D eigenvalue weighted by Gasteiger charge is -2.15. The van der Waals surface area contributed by atoms with E-state index in [-0.39, 0.29) is 0 Å². The molecule has 2 aromatic heterocycles. The van der Waals surface area contributed by atoms with Crippen molar-refractivity contribution in [2.75, 3.05) is 0 Å². The number of nitriles is 2. The number of nitrogens with zero attached hydrogens (tertiary/aromatic N) is 2. The zero-order valence-electron chi connectivity index (χ0n) is 22.3. The van der Waals surface area contributed by atoms with Gasteiger partial charge in [0.1, 0.15) is 6.07 Å². The van der Waals surface area contributed by atoms with E-state index < -0.39 is 0 Å². The maximum Gasteiger partial charge on any atom is 0.100 e. The fourth-order valence-electron chi connectivity index (χ4n) is 6.04. The van der Waals surface area contributed by atoms with E-state index >= 15 is 0 Å². The van der Waals surface area contributed by atoms with Crippen LogP contribution in [0.1, 0.15) is 11.1 Å². The summed E-state index contributed by atoms with van der Waals surface area (Å²) in [5, 5.41) is 25.2.